The molecule has 3 rings (SSSR count). The van der Waals surface area contributed by atoms with Crippen molar-refractivity contribution < 1.29 is 0 Å². The molecule has 21 heavy (non-hydrogen) atoms. The SMILES string of the molecule is Cc1ncsc1CN(C)c1nc2ccccn2c1CCN. The standard InChI is InChI=1S/C15H19N5S/c1-11-13(21-10-17-11)9-19(2)15-12(6-7-16)20-8-4-3-5-14(20)18-15/h3-5,8,10H,6-7,9,16H2,1-2H3. The Labute approximate surface area is 128 Å². The van der Waals surface area contributed by atoms with E-state index in [4.69, 9.17) is 10.7 Å². The number of hydrogen-bond acceptors (Lipinski definition) is 5. The maximum Gasteiger partial charge on any atom is 0.151 e. The summed E-state index contributed by atoms with van der Waals surface area (Å²) in [7, 11) is 2.07. The van der Waals surface area contributed by atoms with Crippen LogP contribution in [0.5, 0.6) is 0 Å². The van der Waals surface area contributed by atoms with E-state index in [-0.39, 0.29) is 0 Å². The first kappa shape index (κ1) is 14.0. The summed E-state index contributed by atoms with van der Waals surface area (Å²) < 4.78 is 2.12. The van der Waals surface area contributed by atoms with E-state index in [1.807, 2.05) is 36.8 Å². The van der Waals surface area contributed by atoms with Gasteiger partial charge in [0, 0.05) is 24.5 Å². The minimum absolute atomic E-state index is 0.614. The van der Waals surface area contributed by atoms with Crippen LogP contribution in [0.15, 0.2) is 29.9 Å². The molecule has 0 bridgehead atoms. The summed E-state index contributed by atoms with van der Waals surface area (Å²) in [5.41, 5.74) is 10.9. The first-order valence-electron chi connectivity index (χ1n) is 6.97. The molecular formula is C15H19N5S. The molecule has 0 aromatic carbocycles. The highest BCUT2D eigenvalue weighted by molar-refractivity contribution is 7.09. The van der Waals surface area contributed by atoms with Crippen LogP contribution in [0.25, 0.3) is 5.65 Å². The van der Waals surface area contributed by atoms with Gasteiger partial charge in [-0.1, -0.05) is 6.07 Å². The Kier molecular flexibility index (Phi) is 3.90. The molecule has 0 saturated heterocycles. The van der Waals surface area contributed by atoms with E-state index in [9.17, 15) is 0 Å². The third-order valence-electron chi connectivity index (χ3n) is 3.58. The van der Waals surface area contributed by atoms with Crippen LogP contribution in [-0.4, -0.2) is 28.0 Å². The fraction of sp³-hybridized carbons (Fsp3) is 0.333. The molecule has 0 saturated carbocycles. The molecule has 0 atom stereocenters. The van der Waals surface area contributed by atoms with Crippen molar-refractivity contribution in [3.63, 3.8) is 0 Å². The normalized spacial score (nSPS) is 11.2. The van der Waals surface area contributed by atoms with Crippen molar-refractivity contribution >= 4 is 22.8 Å². The maximum absolute atomic E-state index is 5.77. The number of anilines is 1. The Morgan fingerprint density at radius 3 is 2.95 bits per heavy atom. The van der Waals surface area contributed by atoms with Crippen LogP contribution in [0.3, 0.4) is 0 Å². The molecule has 0 spiro atoms. The molecule has 0 radical (unpaired) electrons. The number of pyridine rings is 1. The lowest BCUT2D eigenvalue weighted by Crippen LogP contribution is -2.19. The summed E-state index contributed by atoms with van der Waals surface area (Å²) >= 11 is 1.69. The number of nitrogens with zero attached hydrogens (tertiary/aromatic N) is 4. The largest absolute Gasteiger partial charge is 0.353 e. The van der Waals surface area contributed by atoms with E-state index in [0.717, 1.165) is 35.8 Å². The fourth-order valence-electron chi connectivity index (χ4n) is 2.48. The molecule has 3 aromatic rings. The van der Waals surface area contributed by atoms with E-state index in [0.29, 0.717) is 6.54 Å². The molecule has 0 aliphatic rings. The Morgan fingerprint density at radius 2 is 2.24 bits per heavy atom. The number of fused-ring (bicyclic) bond motifs is 1. The fourth-order valence-corrected chi connectivity index (χ4v) is 3.31. The molecule has 3 heterocycles. The zero-order chi connectivity index (χ0) is 14.8. The summed E-state index contributed by atoms with van der Waals surface area (Å²) in [4.78, 5) is 12.5. The number of imidazole rings is 1. The van der Waals surface area contributed by atoms with Gasteiger partial charge >= 0.3 is 0 Å². The van der Waals surface area contributed by atoms with Gasteiger partial charge in [0.1, 0.15) is 5.65 Å². The first-order chi connectivity index (χ1) is 10.2. The van der Waals surface area contributed by atoms with Gasteiger partial charge in [-0.05, 0) is 25.6 Å². The lowest BCUT2D eigenvalue weighted by atomic mass is 10.3. The van der Waals surface area contributed by atoms with Gasteiger partial charge in [0.25, 0.3) is 0 Å². The minimum Gasteiger partial charge on any atom is -0.353 e. The van der Waals surface area contributed by atoms with Crippen molar-refractivity contribution in [3.05, 3.63) is 46.2 Å². The highest BCUT2D eigenvalue weighted by Gasteiger charge is 2.16. The second-order valence-corrected chi connectivity index (χ2v) is 6.01. The van der Waals surface area contributed by atoms with Crippen molar-refractivity contribution in [2.24, 2.45) is 5.73 Å². The molecule has 6 heteroatoms. The molecule has 2 N–H and O–H groups in total. The van der Waals surface area contributed by atoms with Crippen molar-refractivity contribution in [2.75, 3.05) is 18.5 Å². The van der Waals surface area contributed by atoms with Gasteiger partial charge in [-0.25, -0.2) is 9.97 Å². The lowest BCUT2D eigenvalue weighted by molar-refractivity contribution is 0.859. The zero-order valence-corrected chi connectivity index (χ0v) is 13.1. The predicted molar refractivity (Wildman–Crippen MR) is 86.9 cm³/mol. The summed E-state index contributed by atoms with van der Waals surface area (Å²) in [6.45, 7) is 3.48. The summed E-state index contributed by atoms with van der Waals surface area (Å²) in [5, 5.41) is 0. The second-order valence-electron chi connectivity index (χ2n) is 5.07. The Morgan fingerprint density at radius 1 is 1.38 bits per heavy atom. The monoisotopic (exact) mass is 301 g/mol. The minimum atomic E-state index is 0.614. The number of thiazole rings is 1. The van der Waals surface area contributed by atoms with Gasteiger partial charge < -0.3 is 15.0 Å². The molecule has 3 aromatic heterocycles. The molecular weight excluding hydrogens is 282 g/mol. The molecule has 0 fully saturated rings. The van der Waals surface area contributed by atoms with Gasteiger partial charge in [-0.15, -0.1) is 11.3 Å². The van der Waals surface area contributed by atoms with Crippen LogP contribution in [0.2, 0.25) is 0 Å². The van der Waals surface area contributed by atoms with Gasteiger partial charge in [-0.3, -0.25) is 0 Å². The summed E-state index contributed by atoms with van der Waals surface area (Å²) in [6.07, 6.45) is 2.86. The zero-order valence-electron chi connectivity index (χ0n) is 12.3. The topological polar surface area (TPSA) is 59.5 Å². The summed E-state index contributed by atoms with van der Waals surface area (Å²) in [5.74, 6) is 0.999. The smallest absolute Gasteiger partial charge is 0.151 e. The van der Waals surface area contributed by atoms with E-state index in [1.54, 1.807) is 11.3 Å². The molecule has 0 aliphatic heterocycles. The number of nitrogens with two attached hydrogens (primary N) is 1. The maximum atomic E-state index is 5.77. The third kappa shape index (κ3) is 2.64. The highest BCUT2D eigenvalue weighted by atomic mass is 32.1. The van der Waals surface area contributed by atoms with Crippen LogP contribution < -0.4 is 10.6 Å². The second kappa shape index (κ2) is 5.83. The van der Waals surface area contributed by atoms with Gasteiger partial charge in [0.15, 0.2) is 5.82 Å². The Bertz CT molecular complexity index is 745. The molecule has 0 amide bonds. The van der Waals surface area contributed by atoms with E-state index in [2.05, 4.69) is 21.3 Å². The number of hydrogen-bond donors (Lipinski definition) is 1. The van der Waals surface area contributed by atoms with Crippen molar-refractivity contribution in [3.8, 4) is 0 Å². The van der Waals surface area contributed by atoms with Crippen molar-refractivity contribution in [1.29, 1.82) is 0 Å². The van der Waals surface area contributed by atoms with Gasteiger partial charge in [0.2, 0.25) is 0 Å². The first-order valence-corrected chi connectivity index (χ1v) is 7.84. The Balaban J connectivity index is 1.98. The van der Waals surface area contributed by atoms with Crippen LogP contribution in [0.1, 0.15) is 16.3 Å². The number of aryl methyl sites for hydroxylation is 1. The predicted octanol–water partition coefficient (Wildman–Crippen LogP) is 2.24. The molecule has 5 nitrogen and oxygen atoms in total. The van der Waals surface area contributed by atoms with E-state index in [1.165, 1.54) is 4.88 Å². The van der Waals surface area contributed by atoms with Crippen LogP contribution in [-0.2, 0) is 13.0 Å². The van der Waals surface area contributed by atoms with Crippen LogP contribution in [0, 0.1) is 6.92 Å². The third-order valence-corrected chi connectivity index (χ3v) is 4.50. The van der Waals surface area contributed by atoms with Gasteiger partial charge in [-0.2, -0.15) is 0 Å². The highest BCUT2D eigenvalue weighted by Crippen LogP contribution is 2.24. The average Bonchev–Trinajstić information content (AvgIpc) is 3.04. The number of rotatable bonds is 5. The van der Waals surface area contributed by atoms with E-state index < -0.39 is 0 Å². The quantitative estimate of drug-likeness (QED) is 0.785. The molecule has 0 unspecified atom stereocenters. The lowest BCUT2D eigenvalue weighted by Gasteiger charge is -2.17. The van der Waals surface area contributed by atoms with E-state index >= 15 is 0 Å². The Hall–Kier alpha value is -1.92. The summed E-state index contributed by atoms with van der Waals surface area (Å²) in [6, 6.07) is 6.05. The van der Waals surface area contributed by atoms with Crippen LogP contribution in [0.4, 0.5) is 5.82 Å². The van der Waals surface area contributed by atoms with Crippen molar-refractivity contribution in [2.45, 2.75) is 19.9 Å². The van der Waals surface area contributed by atoms with Crippen molar-refractivity contribution in [1.82, 2.24) is 14.4 Å². The average molecular weight is 301 g/mol. The van der Waals surface area contributed by atoms with Gasteiger partial charge in [0.05, 0.1) is 23.4 Å². The molecule has 0 aliphatic carbocycles. The number of aromatic nitrogens is 3. The van der Waals surface area contributed by atoms with Crippen LogP contribution >= 0.6 is 11.3 Å². The molecule has 110 valence electrons.